The van der Waals surface area contributed by atoms with Gasteiger partial charge >= 0.3 is 0 Å². The first kappa shape index (κ1) is 21.2. The zero-order chi connectivity index (χ0) is 21.1. The quantitative estimate of drug-likeness (QED) is 0.649. The summed E-state index contributed by atoms with van der Waals surface area (Å²) in [7, 11) is -2.63. The number of benzene rings is 2. The first-order valence-corrected chi connectivity index (χ1v) is 9.96. The van der Waals surface area contributed by atoms with E-state index in [1.54, 1.807) is 20.8 Å². The van der Waals surface area contributed by atoms with Crippen LogP contribution >= 0.6 is 0 Å². The number of nitrogens with one attached hydrogen (secondary N) is 2. The van der Waals surface area contributed by atoms with Crippen LogP contribution in [0.15, 0.2) is 41.3 Å². The molecule has 0 aromatic heterocycles. The Labute approximate surface area is 164 Å². The van der Waals surface area contributed by atoms with Crippen molar-refractivity contribution in [3.05, 3.63) is 53.1 Å². The van der Waals surface area contributed by atoms with Crippen molar-refractivity contribution in [2.45, 2.75) is 31.7 Å². The fourth-order valence-corrected chi connectivity index (χ4v) is 3.74. The topological polar surface area (TPSA) is 128 Å². The second kappa shape index (κ2) is 8.30. The molecule has 0 saturated carbocycles. The number of anilines is 1. The highest BCUT2D eigenvalue weighted by Gasteiger charge is 2.21. The summed E-state index contributed by atoms with van der Waals surface area (Å²) in [6, 6.07) is 8.42. The minimum Gasteiger partial charge on any atom is -0.496 e. The van der Waals surface area contributed by atoms with Crippen LogP contribution in [0.3, 0.4) is 0 Å². The average Bonchev–Trinajstić information content (AvgIpc) is 2.61. The van der Waals surface area contributed by atoms with E-state index in [9.17, 15) is 18.0 Å². The van der Waals surface area contributed by atoms with Crippen LogP contribution in [0.2, 0.25) is 0 Å². The molecule has 0 bridgehead atoms. The highest BCUT2D eigenvalue weighted by molar-refractivity contribution is 7.92. The van der Waals surface area contributed by atoms with Gasteiger partial charge in [0.15, 0.2) is 0 Å². The van der Waals surface area contributed by atoms with Crippen LogP contribution in [0, 0.1) is 6.92 Å². The van der Waals surface area contributed by atoms with Gasteiger partial charge in [-0.25, -0.2) is 8.42 Å². The lowest BCUT2D eigenvalue weighted by molar-refractivity contribution is 0.0938. The van der Waals surface area contributed by atoms with Crippen molar-refractivity contribution < 1.29 is 22.7 Å². The third-order valence-corrected chi connectivity index (χ3v) is 5.35. The predicted molar refractivity (Wildman–Crippen MR) is 106 cm³/mol. The second-order valence-electron chi connectivity index (χ2n) is 6.44. The van der Waals surface area contributed by atoms with Gasteiger partial charge in [-0.1, -0.05) is 6.07 Å². The van der Waals surface area contributed by atoms with Crippen molar-refractivity contribution in [1.82, 2.24) is 5.32 Å². The number of sulfonamides is 1. The molecular weight excluding hydrogens is 382 g/mol. The van der Waals surface area contributed by atoms with Crippen molar-refractivity contribution >= 4 is 27.5 Å². The lowest BCUT2D eigenvalue weighted by atomic mass is 10.1. The zero-order valence-electron chi connectivity index (χ0n) is 16.1. The van der Waals surface area contributed by atoms with E-state index in [-0.39, 0.29) is 33.5 Å². The molecule has 2 aromatic rings. The van der Waals surface area contributed by atoms with Crippen LogP contribution in [-0.4, -0.2) is 33.4 Å². The van der Waals surface area contributed by atoms with Gasteiger partial charge in [-0.3, -0.25) is 14.3 Å². The van der Waals surface area contributed by atoms with Crippen molar-refractivity contribution in [3.63, 3.8) is 0 Å². The molecule has 2 amide bonds. The third kappa shape index (κ3) is 4.61. The van der Waals surface area contributed by atoms with Crippen molar-refractivity contribution in [1.29, 1.82) is 0 Å². The molecule has 0 unspecified atom stereocenters. The molecule has 0 spiro atoms. The normalized spacial score (nSPS) is 11.2. The number of ether oxygens (including phenoxy) is 1. The smallest absolute Gasteiger partial charge is 0.261 e. The Morgan fingerprint density at radius 3 is 2.36 bits per heavy atom. The number of methoxy groups -OCH3 is 1. The maximum atomic E-state index is 12.8. The summed E-state index contributed by atoms with van der Waals surface area (Å²) in [6.07, 6.45) is 0. The number of carbonyl (C=O) groups is 2. The summed E-state index contributed by atoms with van der Waals surface area (Å²) in [4.78, 5) is 23.7. The molecule has 2 rings (SSSR count). The van der Waals surface area contributed by atoms with Crippen molar-refractivity contribution in [3.8, 4) is 5.75 Å². The molecule has 4 N–H and O–H groups in total. The molecule has 2 aromatic carbocycles. The van der Waals surface area contributed by atoms with Crippen molar-refractivity contribution in [2.75, 3.05) is 11.8 Å². The summed E-state index contributed by atoms with van der Waals surface area (Å²) in [5.41, 5.74) is 6.25. The predicted octanol–water partition coefficient (Wildman–Crippen LogP) is 2.04. The number of primary amides is 1. The van der Waals surface area contributed by atoms with Gasteiger partial charge in [0.25, 0.3) is 15.9 Å². The van der Waals surface area contributed by atoms with Gasteiger partial charge in [-0.15, -0.1) is 0 Å². The lowest BCUT2D eigenvalue weighted by Gasteiger charge is -2.15. The SMILES string of the molecule is COc1ccc(S(=O)(=O)Nc2cccc(C(N)=O)c2C)cc1C(=O)NC(C)C. The van der Waals surface area contributed by atoms with Gasteiger partial charge in [-0.2, -0.15) is 0 Å². The third-order valence-electron chi connectivity index (χ3n) is 3.99. The van der Waals surface area contributed by atoms with Crippen LogP contribution in [0.4, 0.5) is 5.69 Å². The Morgan fingerprint density at radius 1 is 1.11 bits per heavy atom. The van der Waals surface area contributed by atoms with Gasteiger partial charge in [0.05, 0.1) is 23.3 Å². The summed E-state index contributed by atoms with van der Waals surface area (Å²) in [5, 5.41) is 2.71. The molecule has 0 aliphatic rings. The molecule has 9 heteroatoms. The summed E-state index contributed by atoms with van der Waals surface area (Å²) >= 11 is 0. The van der Waals surface area contributed by atoms with E-state index in [1.165, 1.54) is 43.5 Å². The molecule has 0 saturated heterocycles. The molecule has 0 heterocycles. The van der Waals surface area contributed by atoms with E-state index in [0.29, 0.717) is 5.56 Å². The molecule has 28 heavy (non-hydrogen) atoms. The average molecular weight is 405 g/mol. The lowest BCUT2D eigenvalue weighted by Crippen LogP contribution is -2.30. The first-order chi connectivity index (χ1) is 13.1. The number of carbonyl (C=O) groups excluding carboxylic acids is 2. The monoisotopic (exact) mass is 405 g/mol. The molecule has 0 atom stereocenters. The Bertz CT molecular complexity index is 1020. The van der Waals surface area contributed by atoms with Gasteiger partial charge in [-0.05, 0) is 56.7 Å². The highest BCUT2D eigenvalue weighted by Crippen LogP contribution is 2.26. The van der Waals surface area contributed by atoms with E-state index < -0.39 is 21.8 Å². The van der Waals surface area contributed by atoms with Gasteiger partial charge in [0.2, 0.25) is 5.91 Å². The molecule has 0 radical (unpaired) electrons. The van der Waals surface area contributed by atoms with E-state index in [1.807, 2.05) is 0 Å². The number of rotatable bonds is 7. The summed E-state index contributed by atoms with van der Waals surface area (Å²) < 4.78 is 33.3. The Morgan fingerprint density at radius 2 is 1.79 bits per heavy atom. The fourth-order valence-electron chi connectivity index (χ4n) is 2.59. The minimum absolute atomic E-state index is 0.0988. The highest BCUT2D eigenvalue weighted by atomic mass is 32.2. The van der Waals surface area contributed by atoms with Gasteiger partial charge in [0.1, 0.15) is 5.75 Å². The number of hydrogen-bond donors (Lipinski definition) is 3. The Balaban J connectivity index is 2.45. The van der Waals surface area contributed by atoms with Crippen LogP contribution < -0.4 is 20.5 Å². The second-order valence-corrected chi connectivity index (χ2v) is 8.12. The van der Waals surface area contributed by atoms with E-state index in [0.717, 1.165) is 0 Å². The van der Waals surface area contributed by atoms with Crippen LogP contribution in [0.25, 0.3) is 0 Å². The number of hydrogen-bond acceptors (Lipinski definition) is 5. The first-order valence-electron chi connectivity index (χ1n) is 8.48. The van der Waals surface area contributed by atoms with Crippen LogP contribution in [-0.2, 0) is 10.0 Å². The maximum absolute atomic E-state index is 12.8. The summed E-state index contributed by atoms with van der Waals surface area (Å²) in [5.74, 6) is -0.851. The molecule has 0 aliphatic carbocycles. The molecule has 150 valence electrons. The Kier molecular flexibility index (Phi) is 6.30. The largest absolute Gasteiger partial charge is 0.496 e. The van der Waals surface area contributed by atoms with E-state index in [4.69, 9.17) is 10.5 Å². The van der Waals surface area contributed by atoms with E-state index >= 15 is 0 Å². The van der Waals surface area contributed by atoms with Gasteiger partial charge in [0, 0.05) is 11.6 Å². The number of nitrogens with two attached hydrogens (primary N) is 1. The fraction of sp³-hybridized carbons (Fsp3) is 0.263. The molecule has 0 fully saturated rings. The Hall–Kier alpha value is -3.07. The van der Waals surface area contributed by atoms with Gasteiger partial charge < -0.3 is 15.8 Å². The molecular formula is C19H23N3O5S. The van der Waals surface area contributed by atoms with Crippen LogP contribution in [0.5, 0.6) is 5.75 Å². The molecule has 0 aliphatic heterocycles. The minimum atomic E-state index is -4.03. The number of amides is 2. The van der Waals surface area contributed by atoms with E-state index in [2.05, 4.69) is 10.0 Å². The maximum Gasteiger partial charge on any atom is 0.261 e. The standard InChI is InChI=1S/C19H23N3O5S/c1-11(2)21-19(24)15-10-13(8-9-17(15)27-4)28(25,26)22-16-7-5-6-14(12(16)3)18(20)23/h5-11,22H,1-4H3,(H2,20,23)(H,21,24). The summed E-state index contributed by atoms with van der Waals surface area (Å²) in [6.45, 7) is 5.18. The zero-order valence-corrected chi connectivity index (χ0v) is 16.9. The van der Waals surface area contributed by atoms with Crippen molar-refractivity contribution in [2.24, 2.45) is 5.73 Å². The van der Waals surface area contributed by atoms with Crippen LogP contribution in [0.1, 0.15) is 40.1 Å². The molecule has 8 nitrogen and oxygen atoms in total.